The number of nitrogens with zero attached hydrogens (tertiary/aromatic N) is 2. The van der Waals surface area contributed by atoms with E-state index in [1.807, 2.05) is 43.3 Å². The molecule has 0 spiro atoms. The van der Waals surface area contributed by atoms with Crippen LogP contribution in [0.3, 0.4) is 0 Å². The second kappa shape index (κ2) is 4.61. The summed E-state index contributed by atoms with van der Waals surface area (Å²) in [6, 6.07) is 11.8. The van der Waals surface area contributed by atoms with Crippen molar-refractivity contribution in [2.45, 2.75) is 6.92 Å². The van der Waals surface area contributed by atoms with Crippen LogP contribution < -0.4 is 11.1 Å². The van der Waals surface area contributed by atoms with Crippen molar-refractivity contribution in [1.82, 2.24) is 9.97 Å². The van der Waals surface area contributed by atoms with Gasteiger partial charge in [0, 0.05) is 18.2 Å². The van der Waals surface area contributed by atoms with Gasteiger partial charge >= 0.3 is 0 Å². The molecule has 4 heteroatoms. The van der Waals surface area contributed by atoms with Crippen LogP contribution >= 0.6 is 0 Å². The lowest BCUT2D eigenvalue weighted by molar-refractivity contribution is 1.12. The molecule has 3 N–H and O–H groups in total. The molecule has 16 heavy (non-hydrogen) atoms. The van der Waals surface area contributed by atoms with E-state index in [9.17, 15) is 0 Å². The molecule has 0 aliphatic heterocycles. The molecule has 0 aliphatic rings. The Kier molecular flexibility index (Phi) is 3.00. The monoisotopic (exact) mass is 214 g/mol. The molecule has 0 aliphatic carbocycles. The summed E-state index contributed by atoms with van der Waals surface area (Å²) in [5, 5.41) is 3.13. The zero-order valence-corrected chi connectivity index (χ0v) is 9.14. The normalized spacial score (nSPS) is 10.1. The Morgan fingerprint density at radius 3 is 2.62 bits per heavy atom. The Labute approximate surface area is 94.5 Å². The quantitative estimate of drug-likeness (QED) is 0.821. The van der Waals surface area contributed by atoms with Crippen LogP contribution in [0.5, 0.6) is 0 Å². The first kappa shape index (κ1) is 10.4. The number of aromatic nitrogens is 2. The summed E-state index contributed by atoms with van der Waals surface area (Å²) in [7, 11) is 0. The van der Waals surface area contributed by atoms with Gasteiger partial charge in [0.15, 0.2) is 0 Å². The predicted molar refractivity (Wildman–Crippen MR) is 66.0 cm³/mol. The molecule has 1 aromatic heterocycles. The Balaban J connectivity index is 2.41. The molecule has 2 aromatic rings. The molecule has 2 rings (SSSR count). The molecule has 0 radical (unpaired) electrons. The van der Waals surface area contributed by atoms with Crippen LogP contribution in [0.4, 0.5) is 11.8 Å². The summed E-state index contributed by atoms with van der Waals surface area (Å²) in [5.41, 5.74) is 7.54. The molecule has 0 saturated heterocycles. The summed E-state index contributed by atoms with van der Waals surface area (Å²) >= 11 is 0. The number of hydrogen-bond donors (Lipinski definition) is 2. The third-order valence-corrected chi connectivity index (χ3v) is 2.17. The van der Waals surface area contributed by atoms with Gasteiger partial charge in [-0.3, -0.25) is 0 Å². The average Bonchev–Trinajstić information content (AvgIpc) is 2.30. The maximum atomic E-state index is 5.66. The Morgan fingerprint density at radius 2 is 1.94 bits per heavy atom. The Morgan fingerprint density at radius 1 is 1.19 bits per heavy atom. The molecular formula is C12H14N4. The molecule has 1 heterocycles. The lowest BCUT2D eigenvalue weighted by Gasteiger charge is -2.06. The van der Waals surface area contributed by atoms with Crippen LogP contribution in [0, 0.1) is 0 Å². The van der Waals surface area contributed by atoms with Gasteiger partial charge in [0.05, 0.1) is 5.69 Å². The summed E-state index contributed by atoms with van der Waals surface area (Å²) in [6.45, 7) is 2.82. The molecule has 0 atom stereocenters. The van der Waals surface area contributed by atoms with Gasteiger partial charge in [-0.1, -0.05) is 30.3 Å². The van der Waals surface area contributed by atoms with Crippen LogP contribution in [0.2, 0.25) is 0 Å². The molecular weight excluding hydrogens is 200 g/mol. The van der Waals surface area contributed by atoms with E-state index in [-0.39, 0.29) is 5.95 Å². The molecule has 0 fully saturated rings. The maximum Gasteiger partial charge on any atom is 0.222 e. The first-order chi connectivity index (χ1) is 7.79. The number of benzene rings is 1. The summed E-state index contributed by atoms with van der Waals surface area (Å²) in [6.07, 6.45) is 0. The van der Waals surface area contributed by atoms with Crippen molar-refractivity contribution in [1.29, 1.82) is 0 Å². The van der Waals surface area contributed by atoms with Gasteiger partial charge in [-0.05, 0) is 6.92 Å². The van der Waals surface area contributed by atoms with E-state index in [4.69, 9.17) is 5.73 Å². The zero-order chi connectivity index (χ0) is 11.4. The number of hydrogen-bond acceptors (Lipinski definition) is 4. The van der Waals surface area contributed by atoms with Crippen LogP contribution in [0.15, 0.2) is 36.4 Å². The average molecular weight is 214 g/mol. The highest BCUT2D eigenvalue weighted by molar-refractivity contribution is 5.63. The van der Waals surface area contributed by atoms with Crippen molar-refractivity contribution < 1.29 is 0 Å². The minimum atomic E-state index is 0.289. The third kappa shape index (κ3) is 2.28. The third-order valence-electron chi connectivity index (χ3n) is 2.17. The van der Waals surface area contributed by atoms with Gasteiger partial charge in [-0.25, -0.2) is 4.98 Å². The largest absolute Gasteiger partial charge is 0.370 e. The van der Waals surface area contributed by atoms with E-state index < -0.39 is 0 Å². The van der Waals surface area contributed by atoms with Crippen molar-refractivity contribution in [2.75, 3.05) is 17.6 Å². The lowest BCUT2D eigenvalue weighted by Crippen LogP contribution is -2.04. The lowest BCUT2D eigenvalue weighted by atomic mass is 10.1. The van der Waals surface area contributed by atoms with Gasteiger partial charge in [0.1, 0.15) is 5.82 Å². The van der Waals surface area contributed by atoms with Crippen LogP contribution in [-0.4, -0.2) is 16.5 Å². The van der Waals surface area contributed by atoms with Gasteiger partial charge in [0.2, 0.25) is 5.95 Å². The van der Waals surface area contributed by atoms with E-state index >= 15 is 0 Å². The van der Waals surface area contributed by atoms with Crippen LogP contribution in [-0.2, 0) is 0 Å². The van der Waals surface area contributed by atoms with Crippen molar-refractivity contribution in [3.63, 3.8) is 0 Å². The van der Waals surface area contributed by atoms with E-state index in [1.54, 1.807) is 0 Å². The van der Waals surface area contributed by atoms with Gasteiger partial charge in [-0.15, -0.1) is 0 Å². The molecule has 0 bridgehead atoms. The number of nitrogens with one attached hydrogen (secondary N) is 1. The predicted octanol–water partition coefficient (Wildman–Crippen LogP) is 2.16. The van der Waals surface area contributed by atoms with Crippen molar-refractivity contribution >= 4 is 11.8 Å². The zero-order valence-electron chi connectivity index (χ0n) is 9.14. The highest BCUT2D eigenvalue weighted by Gasteiger charge is 2.03. The van der Waals surface area contributed by atoms with E-state index in [0.29, 0.717) is 0 Å². The molecule has 0 saturated carbocycles. The summed E-state index contributed by atoms with van der Waals surface area (Å²) < 4.78 is 0. The topological polar surface area (TPSA) is 63.8 Å². The number of rotatable bonds is 3. The first-order valence-electron chi connectivity index (χ1n) is 5.23. The van der Waals surface area contributed by atoms with Crippen LogP contribution in [0.1, 0.15) is 6.92 Å². The highest BCUT2D eigenvalue weighted by Crippen LogP contribution is 2.19. The fraction of sp³-hybridized carbons (Fsp3) is 0.167. The van der Waals surface area contributed by atoms with E-state index in [1.165, 1.54) is 0 Å². The fourth-order valence-corrected chi connectivity index (χ4v) is 1.49. The minimum absolute atomic E-state index is 0.289. The van der Waals surface area contributed by atoms with Gasteiger partial charge < -0.3 is 11.1 Å². The van der Waals surface area contributed by atoms with Crippen molar-refractivity contribution in [2.24, 2.45) is 0 Å². The molecule has 0 amide bonds. The van der Waals surface area contributed by atoms with Gasteiger partial charge in [0.25, 0.3) is 0 Å². The fourth-order valence-electron chi connectivity index (χ4n) is 1.49. The number of nitrogens with two attached hydrogens (primary N) is 1. The smallest absolute Gasteiger partial charge is 0.222 e. The van der Waals surface area contributed by atoms with Crippen molar-refractivity contribution in [3.8, 4) is 11.3 Å². The standard InChI is InChI=1S/C12H14N4/c1-2-14-11-8-10(15-12(13)16-11)9-6-4-3-5-7-9/h3-8H,2H2,1H3,(H3,13,14,15,16). The second-order valence-corrected chi connectivity index (χ2v) is 3.39. The van der Waals surface area contributed by atoms with E-state index in [0.717, 1.165) is 23.6 Å². The number of nitrogen functional groups attached to an aromatic ring is 1. The first-order valence-corrected chi connectivity index (χ1v) is 5.23. The molecule has 4 nitrogen and oxygen atoms in total. The SMILES string of the molecule is CCNc1cc(-c2ccccc2)nc(N)n1. The molecule has 0 unspecified atom stereocenters. The number of anilines is 2. The highest BCUT2D eigenvalue weighted by atomic mass is 15.1. The molecule has 82 valence electrons. The second-order valence-electron chi connectivity index (χ2n) is 3.39. The molecule has 1 aromatic carbocycles. The summed E-state index contributed by atoms with van der Waals surface area (Å²) in [4.78, 5) is 8.32. The van der Waals surface area contributed by atoms with Gasteiger partial charge in [-0.2, -0.15) is 4.98 Å². The van der Waals surface area contributed by atoms with E-state index in [2.05, 4.69) is 15.3 Å². The van der Waals surface area contributed by atoms with Crippen LogP contribution in [0.25, 0.3) is 11.3 Å². The minimum Gasteiger partial charge on any atom is -0.370 e. The Bertz CT molecular complexity index is 468. The maximum absolute atomic E-state index is 5.66. The Hall–Kier alpha value is -2.10. The summed E-state index contributed by atoms with van der Waals surface area (Å²) in [5.74, 6) is 1.05. The van der Waals surface area contributed by atoms with Crippen molar-refractivity contribution in [3.05, 3.63) is 36.4 Å².